The molecule has 6 N–H and O–H groups in total. The van der Waals surface area contributed by atoms with Crippen molar-refractivity contribution in [1.29, 1.82) is 0 Å². The molecule has 6 rings (SSSR count). The SMILES string of the molecule is CC([O-])=Nc1ccc(N=Nc2ccc(N=Nc3c(S(=O)(=O)O)cc4ccc(N=Nc5cc(S(=O)(=O)O)c(N)cc5N)cc4c3[O-])c3ccc(S(=O)(=O)[O-])cc23)cc1.[Na+].[Na+].[Na+]. The molecule has 0 unspecified atom stereocenters. The van der Waals surface area contributed by atoms with E-state index in [4.69, 9.17) is 11.5 Å². The molecular formula is C34H24N9Na3O11S3. The summed E-state index contributed by atoms with van der Waals surface area (Å²) in [4.78, 5) is 1.60. The Balaban J connectivity index is 0.00000320. The summed E-state index contributed by atoms with van der Waals surface area (Å²) in [5.74, 6) is -1.44. The van der Waals surface area contributed by atoms with Crippen LogP contribution in [0.5, 0.6) is 5.75 Å². The van der Waals surface area contributed by atoms with Crippen molar-refractivity contribution in [3.8, 4) is 5.75 Å². The minimum Gasteiger partial charge on any atom is -0.871 e. The molecular weight excluding hydrogens is 876 g/mol. The number of nitrogens with two attached hydrogens (primary N) is 2. The maximum atomic E-state index is 13.8. The molecule has 0 aliphatic heterocycles. The van der Waals surface area contributed by atoms with Gasteiger partial charge in [0.25, 0.3) is 20.2 Å². The number of anilines is 2. The van der Waals surface area contributed by atoms with E-state index in [-0.39, 0.29) is 144 Å². The van der Waals surface area contributed by atoms with Gasteiger partial charge < -0.3 is 26.2 Å². The zero-order chi connectivity index (χ0) is 41.4. The predicted molar refractivity (Wildman–Crippen MR) is 202 cm³/mol. The molecule has 0 aliphatic carbocycles. The van der Waals surface area contributed by atoms with Crippen molar-refractivity contribution < 1.29 is 138 Å². The van der Waals surface area contributed by atoms with Crippen LogP contribution in [0.1, 0.15) is 6.92 Å². The van der Waals surface area contributed by atoms with Crippen molar-refractivity contribution in [3.05, 3.63) is 91.0 Å². The monoisotopic (exact) mass is 899 g/mol. The van der Waals surface area contributed by atoms with Crippen molar-refractivity contribution in [2.24, 2.45) is 35.7 Å². The van der Waals surface area contributed by atoms with Crippen LogP contribution in [0.25, 0.3) is 21.5 Å². The van der Waals surface area contributed by atoms with Crippen LogP contribution < -0.4 is 110 Å². The maximum Gasteiger partial charge on any atom is 1.00 e. The summed E-state index contributed by atoms with van der Waals surface area (Å²) in [5.41, 5.74) is 10.7. The Morgan fingerprint density at radius 3 is 1.72 bits per heavy atom. The van der Waals surface area contributed by atoms with Crippen LogP contribution >= 0.6 is 0 Å². The van der Waals surface area contributed by atoms with E-state index < -0.39 is 62.4 Å². The van der Waals surface area contributed by atoms with Crippen LogP contribution in [0.4, 0.5) is 51.2 Å². The first-order chi connectivity index (χ1) is 26.7. The first-order valence-electron chi connectivity index (χ1n) is 15.7. The molecule has 0 radical (unpaired) electrons. The van der Waals surface area contributed by atoms with Crippen LogP contribution in [0.2, 0.25) is 0 Å². The summed E-state index contributed by atoms with van der Waals surface area (Å²) >= 11 is 0. The Hall–Kier alpha value is -3.76. The minimum atomic E-state index is -5.09. The third kappa shape index (κ3) is 11.8. The smallest absolute Gasteiger partial charge is 0.871 e. The molecule has 0 fully saturated rings. The molecule has 60 heavy (non-hydrogen) atoms. The molecule has 292 valence electrons. The zero-order valence-corrected chi connectivity index (χ0v) is 40.2. The average Bonchev–Trinajstić information content (AvgIpc) is 3.12. The fourth-order valence-electron chi connectivity index (χ4n) is 5.31. The second-order valence-electron chi connectivity index (χ2n) is 11.9. The normalized spacial score (nSPS) is 12.5. The van der Waals surface area contributed by atoms with Crippen molar-refractivity contribution in [2.75, 3.05) is 11.5 Å². The van der Waals surface area contributed by atoms with Gasteiger partial charge >= 0.3 is 88.7 Å². The second-order valence-corrected chi connectivity index (χ2v) is 16.0. The molecule has 0 heterocycles. The van der Waals surface area contributed by atoms with E-state index in [1.165, 1.54) is 67.6 Å². The summed E-state index contributed by atoms with van der Waals surface area (Å²) in [6, 6.07) is 18.7. The second kappa shape index (κ2) is 20.0. The number of benzene rings is 6. The van der Waals surface area contributed by atoms with E-state index >= 15 is 0 Å². The number of rotatable bonds is 10. The van der Waals surface area contributed by atoms with Crippen molar-refractivity contribution in [2.45, 2.75) is 21.6 Å². The summed E-state index contributed by atoms with van der Waals surface area (Å²) < 4.78 is 103. The zero-order valence-electron chi connectivity index (χ0n) is 31.7. The molecule has 0 bridgehead atoms. The Morgan fingerprint density at radius 2 is 1.12 bits per heavy atom. The molecule has 0 saturated carbocycles. The molecule has 0 aromatic heterocycles. The van der Waals surface area contributed by atoms with Gasteiger partial charge in [-0.1, -0.05) is 17.9 Å². The first-order valence-corrected chi connectivity index (χ1v) is 20.0. The third-order valence-electron chi connectivity index (χ3n) is 7.90. The average molecular weight is 900 g/mol. The van der Waals surface area contributed by atoms with Crippen molar-refractivity contribution >= 4 is 109 Å². The van der Waals surface area contributed by atoms with Gasteiger partial charge in [-0.15, -0.1) is 20.5 Å². The number of hydrogen-bond donors (Lipinski definition) is 4. The van der Waals surface area contributed by atoms with E-state index in [9.17, 15) is 49.1 Å². The molecule has 26 heteroatoms. The number of aliphatic imine (C=N–C) groups is 1. The topological polar surface area (TPSA) is 351 Å². The number of nitrogen functional groups attached to an aromatic ring is 2. The van der Waals surface area contributed by atoms with Gasteiger partial charge in [0.05, 0.1) is 50.4 Å². The minimum absolute atomic E-state index is 0. The number of azo groups is 3. The Morgan fingerprint density at radius 1 is 0.567 bits per heavy atom. The fraction of sp³-hybridized carbons (Fsp3) is 0.0294. The molecule has 20 nitrogen and oxygen atoms in total. The molecule has 6 aromatic carbocycles. The Bertz CT molecular complexity index is 3110. The van der Waals surface area contributed by atoms with Crippen LogP contribution in [-0.2, 0) is 30.4 Å². The van der Waals surface area contributed by atoms with Gasteiger partial charge in [0, 0.05) is 10.8 Å². The third-order valence-corrected chi connectivity index (χ3v) is 10.5. The van der Waals surface area contributed by atoms with Gasteiger partial charge in [-0.05, 0) is 102 Å². The standard InChI is InChI=1S/C34H27N9O11S3.3Na/c1-17(44)37-19-4-6-20(7-5-19)38-40-29-11-10-28(23-9-8-22(14-25(23)29)55(46,47)48)41-43-33-32(57(52,53)54)12-18-2-3-21(13-24(18)34(33)45)39-42-30-16-31(56(49,50)51)27(36)15-26(30)35;;;/h2-16,45H,35-36H2,1H3,(H,37,44)(H,46,47,48)(H,49,50,51)(H,52,53,54);;;/q;3*+1/p-3. The van der Waals surface area contributed by atoms with Gasteiger partial charge in [-0.2, -0.15) is 27.1 Å². The predicted octanol–water partition coefficient (Wildman–Crippen LogP) is -2.70. The quantitative estimate of drug-likeness (QED) is 0.0272. The number of fused-ring (bicyclic) bond motifs is 2. The van der Waals surface area contributed by atoms with E-state index in [1.807, 2.05) is 0 Å². The van der Waals surface area contributed by atoms with Gasteiger partial charge in [-0.25, -0.2) is 8.42 Å². The van der Waals surface area contributed by atoms with Gasteiger partial charge in [-0.3, -0.25) is 14.1 Å². The van der Waals surface area contributed by atoms with Crippen molar-refractivity contribution in [3.63, 3.8) is 0 Å². The van der Waals surface area contributed by atoms with Gasteiger partial charge in [0.1, 0.15) is 25.6 Å². The van der Waals surface area contributed by atoms with Crippen LogP contribution in [0.15, 0.2) is 141 Å². The summed E-state index contributed by atoms with van der Waals surface area (Å²) in [6.07, 6.45) is 0. The van der Waals surface area contributed by atoms with Crippen LogP contribution in [0, 0.1) is 0 Å². The van der Waals surface area contributed by atoms with Gasteiger partial charge in [0.2, 0.25) is 0 Å². The summed E-state index contributed by atoms with van der Waals surface area (Å²) in [6.45, 7) is 1.29. The molecule has 0 atom stereocenters. The molecule has 0 saturated heterocycles. The van der Waals surface area contributed by atoms with E-state index in [0.29, 0.717) is 11.4 Å². The Kier molecular flexibility index (Phi) is 16.8. The summed E-state index contributed by atoms with van der Waals surface area (Å²) in [5, 5.41) is 49.2. The molecule has 0 spiro atoms. The summed E-state index contributed by atoms with van der Waals surface area (Å²) in [7, 11) is -14.8. The van der Waals surface area contributed by atoms with E-state index in [0.717, 1.165) is 30.3 Å². The Labute approximate surface area is 407 Å². The molecule has 0 aliphatic rings. The van der Waals surface area contributed by atoms with Gasteiger partial charge in [0.15, 0.2) is 0 Å². The molecule has 6 aromatic rings. The number of hydrogen-bond acceptors (Lipinski definition) is 18. The molecule has 0 amide bonds. The largest absolute Gasteiger partial charge is 1.00 e. The van der Waals surface area contributed by atoms with E-state index in [1.54, 1.807) is 0 Å². The van der Waals surface area contributed by atoms with Crippen molar-refractivity contribution in [1.82, 2.24) is 0 Å². The fourth-order valence-corrected chi connectivity index (χ4v) is 7.08. The maximum absolute atomic E-state index is 13.8. The number of nitrogens with zero attached hydrogens (tertiary/aromatic N) is 7. The van der Waals surface area contributed by atoms with E-state index in [2.05, 4.69) is 35.7 Å². The van der Waals surface area contributed by atoms with Crippen LogP contribution in [-0.4, -0.2) is 44.8 Å². The first kappa shape index (κ1) is 50.6. The van der Waals surface area contributed by atoms with Crippen LogP contribution in [0.3, 0.4) is 0 Å².